The third-order valence-corrected chi connectivity index (χ3v) is 6.49. The second kappa shape index (κ2) is 10.7. The average molecular weight is 402 g/mol. The van der Waals surface area contributed by atoms with Gasteiger partial charge in [0.2, 0.25) is 11.8 Å². The lowest BCUT2D eigenvalue weighted by Crippen LogP contribution is -2.52. The minimum Gasteiger partial charge on any atom is -0.376 e. The molecule has 0 heterocycles. The molecule has 2 aliphatic rings. The standard InChI is InChI=1S/C23H35N3O3/c1-26(20-8-5-9-20)23(28)22(24)18-10-12-19(13-11-18)25-21(27)14-15-29-16-17-6-3-2-4-7-17/h2-4,6-7,18-20,22H,5,8-16,24H2,1H3,(H,25,27)/t18?,19?,22-/m0/s1. The van der Waals surface area contributed by atoms with Crippen LogP contribution in [0, 0.1) is 5.92 Å². The molecule has 0 radical (unpaired) electrons. The summed E-state index contributed by atoms with van der Waals surface area (Å²) >= 11 is 0. The van der Waals surface area contributed by atoms with Gasteiger partial charge in [0.1, 0.15) is 0 Å². The zero-order valence-electron chi connectivity index (χ0n) is 17.5. The Morgan fingerprint density at radius 3 is 2.45 bits per heavy atom. The van der Waals surface area contributed by atoms with E-state index in [0.29, 0.717) is 25.7 Å². The molecule has 0 aliphatic heterocycles. The number of rotatable bonds is 9. The van der Waals surface area contributed by atoms with Crippen LogP contribution in [0.4, 0.5) is 0 Å². The highest BCUT2D eigenvalue weighted by molar-refractivity contribution is 5.82. The maximum atomic E-state index is 12.6. The van der Waals surface area contributed by atoms with Gasteiger partial charge in [-0.25, -0.2) is 0 Å². The van der Waals surface area contributed by atoms with Gasteiger partial charge in [-0.1, -0.05) is 30.3 Å². The molecule has 0 aromatic heterocycles. The van der Waals surface area contributed by atoms with E-state index in [1.165, 1.54) is 6.42 Å². The molecular formula is C23H35N3O3. The van der Waals surface area contributed by atoms with Gasteiger partial charge in [-0.2, -0.15) is 0 Å². The fourth-order valence-electron chi connectivity index (χ4n) is 4.24. The third-order valence-electron chi connectivity index (χ3n) is 6.49. The molecule has 0 spiro atoms. The molecule has 1 aromatic carbocycles. The fourth-order valence-corrected chi connectivity index (χ4v) is 4.24. The Labute approximate surface area is 174 Å². The highest BCUT2D eigenvalue weighted by Crippen LogP contribution is 2.29. The molecule has 6 nitrogen and oxygen atoms in total. The van der Waals surface area contributed by atoms with Gasteiger partial charge in [-0.15, -0.1) is 0 Å². The number of nitrogens with one attached hydrogen (secondary N) is 1. The first-order valence-corrected chi connectivity index (χ1v) is 11.0. The van der Waals surface area contributed by atoms with Crippen LogP contribution in [0.3, 0.4) is 0 Å². The highest BCUT2D eigenvalue weighted by Gasteiger charge is 2.34. The van der Waals surface area contributed by atoms with Crippen LogP contribution >= 0.6 is 0 Å². The van der Waals surface area contributed by atoms with Gasteiger partial charge in [-0.05, 0) is 56.4 Å². The number of hydrogen-bond donors (Lipinski definition) is 2. The minimum atomic E-state index is -0.413. The number of likely N-dealkylation sites (N-methyl/N-ethyl adjacent to an activating group) is 1. The number of hydrogen-bond acceptors (Lipinski definition) is 4. The van der Waals surface area contributed by atoms with Crippen molar-refractivity contribution in [2.75, 3.05) is 13.7 Å². The Balaban J connectivity index is 1.30. The van der Waals surface area contributed by atoms with E-state index in [-0.39, 0.29) is 23.8 Å². The normalized spacial score (nSPS) is 23.1. The van der Waals surface area contributed by atoms with Gasteiger partial charge in [0.15, 0.2) is 0 Å². The van der Waals surface area contributed by atoms with E-state index in [4.69, 9.17) is 10.5 Å². The summed E-state index contributed by atoms with van der Waals surface area (Å²) < 4.78 is 5.59. The Hall–Kier alpha value is -1.92. The van der Waals surface area contributed by atoms with E-state index in [0.717, 1.165) is 44.1 Å². The number of carbonyl (C=O) groups excluding carboxylic acids is 2. The second-order valence-corrected chi connectivity index (χ2v) is 8.53. The van der Waals surface area contributed by atoms with Gasteiger partial charge in [-0.3, -0.25) is 9.59 Å². The van der Waals surface area contributed by atoms with Gasteiger partial charge < -0.3 is 20.7 Å². The molecule has 29 heavy (non-hydrogen) atoms. The molecule has 2 saturated carbocycles. The van der Waals surface area contributed by atoms with Crippen molar-refractivity contribution >= 4 is 11.8 Å². The number of nitrogens with two attached hydrogens (primary N) is 1. The van der Waals surface area contributed by atoms with Gasteiger partial charge in [0.05, 0.1) is 19.3 Å². The molecule has 0 unspecified atom stereocenters. The summed E-state index contributed by atoms with van der Waals surface area (Å²) in [4.78, 5) is 26.6. The van der Waals surface area contributed by atoms with Crippen molar-refractivity contribution in [3.8, 4) is 0 Å². The van der Waals surface area contributed by atoms with Gasteiger partial charge in [0, 0.05) is 25.6 Å². The number of nitrogens with zero attached hydrogens (tertiary/aromatic N) is 1. The summed E-state index contributed by atoms with van der Waals surface area (Å²) in [7, 11) is 1.89. The monoisotopic (exact) mass is 401 g/mol. The predicted molar refractivity (Wildman–Crippen MR) is 113 cm³/mol. The number of benzene rings is 1. The van der Waals surface area contributed by atoms with E-state index >= 15 is 0 Å². The fraction of sp³-hybridized carbons (Fsp3) is 0.652. The molecule has 3 N–H and O–H groups in total. The van der Waals surface area contributed by atoms with Crippen molar-refractivity contribution in [3.05, 3.63) is 35.9 Å². The van der Waals surface area contributed by atoms with Crippen molar-refractivity contribution in [1.82, 2.24) is 10.2 Å². The van der Waals surface area contributed by atoms with Crippen molar-refractivity contribution in [3.63, 3.8) is 0 Å². The van der Waals surface area contributed by atoms with Crippen molar-refractivity contribution in [1.29, 1.82) is 0 Å². The summed E-state index contributed by atoms with van der Waals surface area (Å²) in [6, 6.07) is 10.1. The SMILES string of the molecule is CN(C(=O)[C@@H](N)C1CCC(NC(=O)CCOCc2ccccc2)CC1)C1CCC1. The van der Waals surface area contributed by atoms with Gasteiger partial charge in [0.25, 0.3) is 0 Å². The lowest BCUT2D eigenvalue weighted by atomic mass is 9.81. The van der Waals surface area contributed by atoms with Crippen molar-refractivity contribution in [2.45, 2.75) is 76.1 Å². The number of carbonyl (C=O) groups is 2. The molecule has 0 saturated heterocycles. The molecular weight excluding hydrogens is 366 g/mol. The number of ether oxygens (including phenoxy) is 1. The van der Waals surface area contributed by atoms with E-state index in [9.17, 15) is 9.59 Å². The maximum Gasteiger partial charge on any atom is 0.239 e. The van der Waals surface area contributed by atoms with Crippen LogP contribution in [-0.2, 0) is 20.9 Å². The van der Waals surface area contributed by atoms with E-state index < -0.39 is 6.04 Å². The molecule has 3 rings (SSSR count). The highest BCUT2D eigenvalue weighted by atomic mass is 16.5. The van der Waals surface area contributed by atoms with Crippen LogP contribution in [0.15, 0.2) is 30.3 Å². The predicted octanol–water partition coefficient (Wildman–Crippen LogP) is 2.61. The van der Waals surface area contributed by atoms with Crippen molar-refractivity contribution < 1.29 is 14.3 Å². The average Bonchev–Trinajstić information content (AvgIpc) is 2.70. The Bertz CT molecular complexity index is 655. The molecule has 2 aliphatic carbocycles. The van der Waals surface area contributed by atoms with E-state index in [1.54, 1.807) is 0 Å². The summed E-state index contributed by atoms with van der Waals surface area (Å²) in [6.07, 6.45) is 7.33. The molecule has 1 atom stereocenters. The zero-order chi connectivity index (χ0) is 20.6. The summed E-state index contributed by atoms with van der Waals surface area (Å²) in [6.45, 7) is 0.948. The Morgan fingerprint density at radius 2 is 1.83 bits per heavy atom. The smallest absolute Gasteiger partial charge is 0.239 e. The second-order valence-electron chi connectivity index (χ2n) is 8.53. The van der Waals surface area contributed by atoms with Crippen LogP contribution in [-0.4, -0.2) is 48.5 Å². The van der Waals surface area contributed by atoms with Crippen LogP contribution in [0.1, 0.15) is 56.9 Å². The molecule has 160 valence electrons. The minimum absolute atomic E-state index is 0.0339. The third kappa shape index (κ3) is 6.28. The van der Waals surface area contributed by atoms with Crippen LogP contribution in [0.2, 0.25) is 0 Å². The lowest BCUT2D eigenvalue weighted by molar-refractivity contribution is -0.136. The first-order valence-electron chi connectivity index (χ1n) is 11.0. The largest absolute Gasteiger partial charge is 0.376 e. The van der Waals surface area contributed by atoms with Crippen LogP contribution in [0.5, 0.6) is 0 Å². The molecule has 2 fully saturated rings. The summed E-state index contributed by atoms with van der Waals surface area (Å²) in [5.41, 5.74) is 7.40. The van der Waals surface area contributed by atoms with E-state index in [1.807, 2.05) is 42.3 Å². The Kier molecular flexibility index (Phi) is 8.07. The van der Waals surface area contributed by atoms with Crippen LogP contribution in [0.25, 0.3) is 0 Å². The molecule has 0 bridgehead atoms. The summed E-state index contributed by atoms with van der Waals surface area (Å²) in [5, 5.41) is 3.11. The zero-order valence-corrected chi connectivity index (χ0v) is 17.5. The maximum absolute atomic E-state index is 12.6. The van der Waals surface area contributed by atoms with Crippen molar-refractivity contribution in [2.24, 2.45) is 11.7 Å². The first kappa shape index (κ1) is 21.8. The Morgan fingerprint density at radius 1 is 1.14 bits per heavy atom. The van der Waals surface area contributed by atoms with E-state index in [2.05, 4.69) is 5.32 Å². The quantitative estimate of drug-likeness (QED) is 0.623. The van der Waals surface area contributed by atoms with Gasteiger partial charge >= 0.3 is 0 Å². The molecule has 6 heteroatoms. The number of amides is 2. The summed E-state index contributed by atoms with van der Waals surface area (Å²) in [5.74, 6) is 0.330. The molecule has 1 aromatic rings. The molecule has 2 amide bonds. The first-order chi connectivity index (χ1) is 14.0. The topological polar surface area (TPSA) is 84.7 Å². The van der Waals surface area contributed by atoms with Crippen LogP contribution < -0.4 is 11.1 Å². The lowest BCUT2D eigenvalue weighted by Gasteiger charge is -2.38.